The van der Waals surface area contributed by atoms with Crippen LogP contribution in [-0.2, 0) is 9.36 Å². The largest absolute Gasteiger partial charge is 0.479 e. The number of hydrogen-bond donors (Lipinski definition) is 7. The molecule has 0 rings (SSSR count). The molecule has 0 amide bonds. The Labute approximate surface area is 97.6 Å². The number of rotatable bonds is 8. The Kier molecular flexibility index (Phi) is 5.47. The minimum Gasteiger partial charge on any atom is -0.479 e. The van der Waals surface area contributed by atoms with Gasteiger partial charge in [0.15, 0.2) is 6.10 Å². The van der Waals surface area contributed by atoms with E-state index >= 15 is 0 Å². The monoisotopic (exact) mass is 275 g/mol. The first-order chi connectivity index (χ1) is 8.12. The number of hydrogen-bond acceptors (Lipinski definition) is 7. The molecule has 5 unspecified atom stereocenters. The predicted octanol–water partition coefficient (Wildman–Crippen LogP) is -2.92. The molecule has 0 spiro atoms. The summed E-state index contributed by atoms with van der Waals surface area (Å²) < 4.78 is 17.1. The Morgan fingerprint density at radius 2 is 1.76 bits per heavy atom. The van der Waals surface area contributed by atoms with Gasteiger partial charge in [0.25, 0.3) is 0 Å². The number of carboxylic acids is 1. The Morgan fingerprint density at radius 1 is 1.24 bits per heavy atom. The van der Waals surface area contributed by atoms with Gasteiger partial charge in [-0.3, -0.25) is 4.57 Å². The number of carboxylic acid groups (broad SMARTS) is 1. The van der Waals surface area contributed by atoms with Gasteiger partial charge in [-0.05, 0) is 6.42 Å². The van der Waals surface area contributed by atoms with E-state index in [1.807, 2.05) is 0 Å². The maximum absolute atomic E-state index is 10.9. The van der Waals surface area contributed by atoms with Crippen molar-refractivity contribution in [2.45, 2.75) is 30.8 Å². The second-order valence-corrected chi connectivity index (χ2v) is 5.20. The minimum absolute atomic E-state index is 0.531. The highest BCUT2D eigenvalue weighted by atomic mass is 31.2. The van der Waals surface area contributed by atoms with Crippen molar-refractivity contribution in [1.29, 1.82) is 1.43 Å². The molecule has 102 valence electrons. The van der Waals surface area contributed by atoms with Crippen LogP contribution in [0.25, 0.3) is 0 Å². The van der Waals surface area contributed by atoms with E-state index in [4.69, 9.17) is 16.5 Å². The fourth-order valence-electron chi connectivity index (χ4n) is 1.03. The van der Waals surface area contributed by atoms with Crippen molar-refractivity contribution in [2.75, 3.05) is 6.16 Å². The average molecular weight is 275 g/mol. The molecule has 0 heterocycles. The van der Waals surface area contributed by atoms with Crippen molar-refractivity contribution in [3.63, 3.8) is 0 Å². The van der Waals surface area contributed by atoms with Gasteiger partial charge in [-0.2, -0.15) is 0 Å². The van der Waals surface area contributed by atoms with Gasteiger partial charge in [-0.25, -0.2) is 4.79 Å². The Hall–Kier alpha value is -0.540. The van der Waals surface area contributed by atoms with E-state index in [9.17, 15) is 24.7 Å². The second kappa shape index (κ2) is 6.41. The summed E-state index contributed by atoms with van der Waals surface area (Å²) in [6.45, 7) is 0. The van der Waals surface area contributed by atoms with Gasteiger partial charge < -0.3 is 35.3 Å². The van der Waals surface area contributed by atoms with Crippen LogP contribution in [0.4, 0.5) is 0 Å². The van der Waals surface area contributed by atoms with Gasteiger partial charge in [0.2, 0.25) is 1.43 Å². The summed E-state index contributed by atoms with van der Waals surface area (Å²) in [6.07, 6.45) is -9.45. The Balaban J connectivity index is 4.38. The van der Waals surface area contributed by atoms with E-state index in [0.29, 0.717) is 0 Å². The van der Waals surface area contributed by atoms with Crippen molar-refractivity contribution in [3.05, 3.63) is 0 Å². The van der Waals surface area contributed by atoms with Crippen LogP contribution in [0.3, 0.4) is 0 Å². The lowest BCUT2D eigenvalue weighted by molar-refractivity contribution is -0.162. The molecular weight excluding hydrogens is 259 g/mol. The highest BCUT2D eigenvalue weighted by Crippen LogP contribution is 2.35. The van der Waals surface area contributed by atoms with Gasteiger partial charge in [0, 0.05) is 0 Å². The molecule has 10 heteroatoms. The molecule has 5 atom stereocenters. The Bertz CT molecular complexity index is 324. The number of aliphatic carboxylic acids is 1. The third-order valence-corrected chi connectivity index (χ3v) is 2.85. The molecule has 0 fully saturated rings. The van der Waals surface area contributed by atoms with Crippen molar-refractivity contribution < 1.29 is 44.7 Å². The molecule has 0 aromatic carbocycles. The highest BCUT2D eigenvalue weighted by molar-refractivity contribution is 7.51. The maximum Gasteiger partial charge on any atom is 0.335 e. The summed E-state index contributed by atoms with van der Waals surface area (Å²) in [5.41, 5.74) is 0. The van der Waals surface area contributed by atoms with Crippen LogP contribution in [0.2, 0.25) is 0 Å². The van der Waals surface area contributed by atoms with E-state index in [1.165, 1.54) is 0 Å². The predicted molar refractivity (Wildman–Crippen MR) is 53.2 cm³/mol. The normalized spacial score (nSPS) is 23.0. The zero-order valence-corrected chi connectivity index (χ0v) is 9.47. The first kappa shape index (κ1) is 14.5. The third-order valence-electron chi connectivity index (χ3n) is 2.03. The van der Waals surface area contributed by atoms with Crippen molar-refractivity contribution in [1.82, 2.24) is 0 Å². The number of carbonyl (C=O) groups is 1. The first-order valence-electron chi connectivity index (χ1n) is 4.95. The summed E-state index contributed by atoms with van der Waals surface area (Å²) in [4.78, 5) is 22.6. The van der Waals surface area contributed by atoms with Crippen molar-refractivity contribution in [2.24, 2.45) is 0 Å². The summed E-state index contributed by atoms with van der Waals surface area (Å²) in [7, 11) is -4.20. The van der Waals surface area contributed by atoms with Gasteiger partial charge in [-0.15, -0.1) is 0 Å². The summed E-state index contributed by atoms with van der Waals surface area (Å²) in [6, 6.07) is 0. The molecule has 0 aliphatic carbocycles. The summed E-state index contributed by atoms with van der Waals surface area (Å²) in [5, 5.41) is 45.0. The smallest absolute Gasteiger partial charge is 0.335 e. The molecule has 0 saturated heterocycles. The topological polar surface area (TPSA) is 176 Å². The summed E-state index contributed by atoms with van der Waals surface area (Å²) >= 11 is 0. The lowest BCUT2D eigenvalue weighted by atomic mass is 10.0. The van der Waals surface area contributed by atoms with Crippen molar-refractivity contribution >= 4 is 13.6 Å². The average Bonchev–Trinajstić information content (AvgIpc) is 2.33. The molecule has 0 saturated carbocycles. The van der Waals surface area contributed by atoms with E-state index in [0.717, 1.165) is 0 Å². The fraction of sp³-hybridized carbons (Fsp3) is 0.857. The minimum atomic E-state index is -4.20. The molecule has 0 aliphatic rings. The van der Waals surface area contributed by atoms with Gasteiger partial charge in [0.05, 0.1) is 12.3 Å². The van der Waals surface area contributed by atoms with Crippen LogP contribution in [0, 0.1) is 0 Å². The van der Waals surface area contributed by atoms with Crippen LogP contribution >= 0.6 is 7.60 Å². The lowest BCUT2D eigenvalue weighted by Gasteiger charge is -2.24. The quantitative estimate of drug-likeness (QED) is 0.229. The fourth-order valence-corrected chi connectivity index (χ4v) is 1.62. The number of aliphatic hydroxyl groups excluding tert-OH is 4. The SMILES string of the molecule is [2H]OP(=O)(O)CCC(O)C(O)C(O)C(O)C(=O)O. The molecule has 0 aromatic rings. The molecule has 0 bridgehead atoms. The first-order valence-corrected chi connectivity index (χ1v) is 6.30. The Morgan fingerprint density at radius 3 is 2.18 bits per heavy atom. The molecule has 17 heavy (non-hydrogen) atoms. The zero-order chi connectivity index (χ0) is 14.5. The standard InChI is InChI=1S/C7H15O9P/c8-3(1-2-17(14,15)16)4(9)5(10)6(11)7(12)13/h3-6,8-11H,1-2H2,(H,12,13)(H2,14,15,16)/i/hD. The third kappa shape index (κ3) is 6.08. The van der Waals surface area contributed by atoms with Gasteiger partial charge >= 0.3 is 13.6 Å². The van der Waals surface area contributed by atoms with Crippen LogP contribution in [-0.4, -0.2) is 73.3 Å². The maximum atomic E-state index is 10.9. The van der Waals surface area contributed by atoms with E-state index in [2.05, 4.69) is 4.90 Å². The van der Waals surface area contributed by atoms with Crippen LogP contribution in [0.1, 0.15) is 6.42 Å². The van der Waals surface area contributed by atoms with Gasteiger partial charge in [-0.1, -0.05) is 0 Å². The lowest BCUT2D eigenvalue weighted by Crippen LogP contribution is -2.47. The highest BCUT2D eigenvalue weighted by Gasteiger charge is 2.34. The van der Waals surface area contributed by atoms with Gasteiger partial charge in [0.1, 0.15) is 12.2 Å². The summed E-state index contributed by atoms with van der Waals surface area (Å²) in [5.74, 6) is -1.80. The molecule has 0 aliphatic heterocycles. The van der Waals surface area contributed by atoms with E-state index < -0.39 is 50.6 Å². The molecule has 7 N–H and O–H groups in total. The van der Waals surface area contributed by atoms with Crippen LogP contribution in [0.15, 0.2) is 0 Å². The second-order valence-electron chi connectivity index (χ2n) is 3.48. The molecule has 0 aromatic heterocycles. The van der Waals surface area contributed by atoms with E-state index in [-0.39, 0.29) is 0 Å². The van der Waals surface area contributed by atoms with Crippen molar-refractivity contribution in [3.8, 4) is 0 Å². The van der Waals surface area contributed by atoms with Crippen LogP contribution in [0.5, 0.6) is 0 Å². The van der Waals surface area contributed by atoms with Crippen LogP contribution < -0.4 is 0 Å². The molecule has 9 nitrogen and oxygen atoms in total. The molecular formula is C7H15O9P. The van der Waals surface area contributed by atoms with E-state index in [1.54, 1.807) is 0 Å². The number of aliphatic hydroxyl groups is 4. The molecule has 0 radical (unpaired) electrons. The zero-order valence-electron chi connectivity index (χ0n) is 9.58.